The lowest BCUT2D eigenvalue weighted by Gasteiger charge is -2.14. The van der Waals surface area contributed by atoms with E-state index in [1.54, 1.807) is 12.1 Å². The normalized spacial score (nSPS) is 11.6. The maximum absolute atomic E-state index is 11.7. The number of halogens is 1. The van der Waals surface area contributed by atoms with Crippen molar-refractivity contribution in [3.63, 3.8) is 0 Å². The molecule has 20 heavy (non-hydrogen) atoms. The van der Waals surface area contributed by atoms with Crippen molar-refractivity contribution in [3.05, 3.63) is 39.9 Å². The molecule has 0 radical (unpaired) electrons. The molecular weight excluding hydrogens is 282 g/mol. The van der Waals surface area contributed by atoms with Gasteiger partial charge in [0.2, 0.25) is 5.91 Å². The monoisotopic (exact) mass is 301 g/mol. The number of carbonyl (C=O) groups is 1. The largest absolute Gasteiger partial charge is 0.351 e. The van der Waals surface area contributed by atoms with Crippen LogP contribution >= 0.6 is 12.4 Å². The first-order valence-corrected chi connectivity index (χ1v) is 6.16. The van der Waals surface area contributed by atoms with Crippen molar-refractivity contribution in [2.45, 2.75) is 32.9 Å². The van der Waals surface area contributed by atoms with E-state index in [1.165, 1.54) is 12.1 Å². The number of benzene rings is 1. The highest BCUT2D eigenvalue weighted by molar-refractivity contribution is 5.85. The van der Waals surface area contributed by atoms with Crippen molar-refractivity contribution < 1.29 is 9.72 Å². The first-order valence-electron chi connectivity index (χ1n) is 6.16. The number of non-ortho nitro benzene ring substituents is 1. The van der Waals surface area contributed by atoms with Gasteiger partial charge in [-0.05, 0) is 17.9 Å². The molecule has 0 heterocycles. The molecule has 6 nitrogen and oxygen atoms in total. The number of rotatable bonds is 6. The summed E-state index contributed by atoms with van der Waals surface area (Å²) in [5.41, 5.74) is 6.58. The summed E-state index contributed by atoms with van der Waals surface area (Å²) in [6, 6.07) is 5.54. The summed E-state index contributed by atoms with van der Waals surface area (Å²) in [7, 11) is 0. The van der Waals surface area contributed by atoms with E-state index in [0.29, 0.717) is 18.9 Å². The summed E-state index contributed by atoms with van der Waals surface area (Å²) in [5, 5.41) is 13.2. The van der Waals surface area contributed by atoms with Crippen LogP contribution < -0.4 is 11.1 Å². The van der Waals surface area contributed by atoms with Gasteiger partial charge in [0.15, 0.2) is 0 Å². The molecule has 0 unspecified atom stereocenters. The summed E-state index contributed by atoms with van der Waals surface area (Å²) in [6.45, 7) is 4.33. The Morgan fingerprint density at radius 2 is 1.90 bits per heavy atom. The number of amides is 1. The Kier molecular flexibility index (Phi) is 7.79. The number of nitrogens with one attached hydrogen (secondary N) is 1. The van der Waals surface area contributed by atoms with Crippen molar-refractivity contribution in [1.82, 2.24) is 5.32 Å². The third kappa shape index (κ3) is 5.99. The van der Waals surface area contributed by atoms with Crippen LogP contribution in [0.1, 0.15) is 25.8 Å². The minimum absolute atomic E-state index is 0. The molecular formula is C13H20ClN3O3. The van der Waals surface area contributed by atoms with E-state index in [9.17, 15) is 14.9 Å². The fourth-order valence-electron chi connectivity index (χ4n) is 1.67. The lowest BCUT2D eigenvalue weighted by atomic mass is 10.0. The molecule has 0 saturated heterocycles. The first kappa shape index (κ1) is 18.3. The summed E-state index contributed by atoms with van der Waals surface area (Å²) in [4.78, 5) is 21.7. The second-order valence-electron chi connectivity index (χ2n) is 4.88. The van der Waals surface area contributed by atoms with Crippen LogP contribution in [-0.4, -0.2) is 16.9 Å². The standard InChI is InChI=1S/C13H19N3O3.ClH/c1-9(2)7-12(14)13(17)15-8-10-3-5-11(6-4-10)16(18)19;/h3-6,9,12H,7-8,14H2,1-2H3,(H,15,17);1H/t12-;/m0./s1. The number of hydrogen-bond donors (Lipinski definition) is 2. The predicted octanol–water partition coefficient (Wildman–Crippen LogP) is 2.01. The molecule has 0 saturated carbocycles. The van der Waals surface area contributed by atoms with Crippen LogP contribution in [0, 0.1) is 16.0 Å². The second kappa shape index (κ2) is 8.50. The quantitative estimate of drug-likeness (QED) is 0.620. The Morgan fingerprint density at radius 3 is 2.35 bits per heavy atom. The minimum atomic E-state index is -0.516. The van der Waals surface area contributed by atoms with Gasteiger partial charge in [0.25, 0.3) is 5.69 Å². The zero-order valence-corrected chi connectivity index (χ0v) is 12.4. The highest BCUT2D eigenvalue weighted by atomic mass is 35.5. The summed E-state index contributed by atoms with van der Waals surface area (Å²) in [5.74, 6) is 0.159. The van der Waals surface area contributed by atoms with Gasteiger partial charge in [-0.2, -0.15) is 0 Å². The average Bonchev–Trinajstić information content (AvgIpc) is 2.35. The molecule has 0 bridgehead atoms. The maximum atomic E-state index is 11.7. The summed E-state index contributed by atoms with van der Waals surface area (Å²) < 4.78 is 0. The Morgan fingerprint density at radius 1 is 1.35 bits per heavy atom. The third-order valence-electron chi connectivity index (χ3n) is 2.68. The number of hydrogen-bond acceptors (Lipinski definition) is 4. The molecule has 7 heteroatoms. The van der Waals surface area contributed by atoms with E-state index in [0.717, 1.165) is 5.56 Å². The number of nitro benzene ring substituents is 1. The number of carbonyl (C=O) groups excluding carboxylic acids is 1. The molecule has 1 rings (SSSR count). The Hall–Kier alpha value is -1.66. The van der Waals surface area contributed by atoms with Crippen LogP contribution in [0.5, 0.6) is 0 Å². The van der Waals surface area contributed by atoms with E-state index in [2.05, 4.69) is 5.32 Å². The van der Waals surface area contributed by atoms with Gasteiger partial charge in [0.05, 0.1) is 11.0 Å². The molecule has 0 fully saturated rings. The lowest BCUT2D eigenvalue weighted by molar-refractivity contribution is -0.384. The first-order chi connectivity index (χ1) is 8.90. The molecule has 0 aliphatic heterocycles. The summed E-state index contributed by atoms with van der Waals surface area (Å²) in [6.07, 6.45) is 0.631. The minimum Gasteiger partial charge on any atom is -0.351 e. The Balaban J connectivity index is 0.00000361. The molecule has 3 N–H and O–H groups in total. The molecule has 0 spiro atoms. The van der Waals surface area contributed by atoms with Gasteiger partial charge < -0.3 is 11.1 Å². The smallest absolute Gasteiger partial charge is 0.269 e. The Labute approximate surface area is 124 Å². The molecule has 0 aliphatic carbocycles. The van der Waals surface area contributed by atoms with E-state index >= 15 is 0 Å². The van der Waals surface area contributed by atoms with E-state index in [-0.39, 0.29) is 24.0 Å². The fourth-order valence-corrected chi connectivity index (χ4v) is 1.67. The van der Waals surface area contributed by atoms with Crippen molar-refractivity contribution in [1.29, 1.82) is 0 Å². The third-order valence-corrected chi connectivity index (χ3v) is 2.68. The maximum Gasteiger partial charge on any atom is 0.269 e. The molecule has 112 valence electrons. The Bertz CT molecular complexity index is 449. The van der Waals surface area contributed by atoms with E-state index < -0.39 is 11.0 Å². The lowest BCUT2D eigenvalue weighted by Crippen LogP contribution is -2.40. The van der Waals surface area contributed by atoms with Crippen molar-refractivity contribution >= 4 is 24.0 Å². The van der Waals surface area contributed by atoms with Gasteiger partial charge in [-0.15, -0.1) is 12.4 Å². The van der Waals surface area contributed by atoms with Gasteiger partial charge in [0.1, 0.15) is 0 Å². The molecule has 1 aromatic rings. The number of nitrogens with zero attached hydrogens (tertiary/aromatic N) is 1. The van der Waals surface area contributed by atoms with Crippen LogP contribution in [-0.2, 0) is 11.3 Å². The van der Waals surface area contributed by atoms with Gasteiger partial charge in [-0.1, -0.05) is 26.0 Å². The fraction of sp³-hybridized carbons (Fsp3) is 0.462. The van der Waals surface area contributed by atoms with Crippen LogP contribution in [0.15, 0.2) is 24.3 Å². The molecule has 0 aliphatic rings. The van der Waals surface area contributed by atoms with Crippen LogP contribution in [0.4, 0.5) is 5.69 Å². The average molecular weight is 302 g/mol. The van der Waals surface area contributed by atoms with Crippen molar-refractivity contribution in [3.8, 4) is 0 Å². The topological polar surface area (TPSA) is 98.3 Å². The summed E-state index contributed by atoms with van der Waals surface area (Å²) >= 11 is 0. The molecule has 1 aromatic carbocycles. The van der Waals surface area contributed by atoms with Crippen LogP contribution in [0.25, 0.3) is 0 Å². The van der Waals surface area contributed by atoms with Gasteiger partial charge in [0, 0.05) is 18.7 Å². The molecule has 0 aromatic heterocycles. The molecule has 1 amide bonds. The highest BCUT2D eigenvalue weighted by Crippen LogP contribution is 2.11. The van der Waals surface area contributed by atoms with Crippen LogP contribution in [0.2, 0.25) is 0 Å². The van der Waals surface area contributed by atoms with E-state index in [1.807, 2.05) is 13.8 Å². The molecule has 1 atom stereocenters. The van der Waals surface area contributed by atoms with Gasteiger partial charge in [-0.3, -0.25) is 14.9 Å². The zero-order valence-electron chi connectivity index (χ0n) is 11.5. The van der Waals surface area contributed by atoms with E-state index in [4.69, 9.17) is 5.73 Å². The SMILES string of the molecule is CC(C)C[C@H](N)C(=O)NCc1ccc([N+](=O)[O-])cc1.Cl. The number of nitro groups is 1. The highest BCUT2D eigenvalue weighted by Gasteiger charge is 2.14. The van der Waals surface area contributed by atoms with Crippen molar-refractivity contribution in [2.75, 3.05) is 0 Å². The number of nitrogens with two attached hydrogens (primary N) is 1. The van der Waals surface area contributed by atoms with Crippen LogP contribution in [0.3, 0.4) is 0 Å². The zero-order chi connectivity index (χ0) is 14.4. The second-order valence-corrected chi connectivity index (χ2v) is 4.88. The van der Waals surface area contributed by atoms with Gasteiger partial charge >= 0.3 is 0 Å². The van der Waals surface area contributed by atoms with Gasteiger partial charge in [-0.25, -0.2) is 0 Å². The van der Waals surface area contributed by atoms with Crippen molar-refractivity contribution in [2.24, 2.45) is 11.7 Å². The predicted molar refractivity (Wildman–Crippen MR) is 79.6 cm³/mol.